The topological polar surface area (TPSA) is 83.5 Å². The fourth-order valence-electron chi connectivity index (χ4n) is 1.16. The normalized spacial score (nSPS) is 24.3. The van der Waals surface area contributed by atoms with Crippen molar-refractivity contribution < 1.29 is 18.3 Å². The van der Waals surface area contributed by atoms with Crippen molar-refractivity contribution in [2.24, 2.45) is 5.41 Å². The maximum atomic E-state index is 11.1. The Morgan fingerprint density at radius 1 is 1.60 bits per heavy atom. The first-order valence-corrected chi connectivity index (χ1v) is 6.32. The molecule has 0 spiro atoms. The molecule has 0 aliphatic carbocycles. The van der Waals surface area contributed by atoms with E-state index in [0.717, 1.165) is 0 Å². The van der Waals surface area contributed by atoms with Crippen molar-refractivity contribution in [3.63, 3.8) is 0 Å². The van der Waals surface area contributed by atoms with Crippen molar-refractivity contribution in [2.75, 3.05) is 12.3 Å². The van der Waals surface area contributed by atoms with Gasteiger partial charge in [0, 0.05) is 18.0 Å². The predicted octanol–water partition coefficient (Wildman–Crippen LogP) is -0.00250. The third-order valence-corrected chi connectivity index (χ3v) is 3.71. The van der Waals surface area contributed by atoms with Gasteiger partial charge in [0.25, 0.3) is 0 Å². The van der Waals surface area contributed by atoms with Gasteiger partial charge in [-0.25, -0.2) is 8.42 Å². The average molecular weight is 233 g/mol. The van der Waals surface area contributed by atoms with Crippen LogP contribution in [0.2, 0.25) is 0 Å². The summed E-state index contributed by atoms with van der Waals surface area (Å²) in [6.45, 7) is 3.43. The number of aliphatic carboxylic acids is 1. The van der Waals surface area contributed by atoms with Crippen LogP contribution in [0.5, 0.6) is 0 Å². The van der Waals surface area contributed by atoms with Crippen molar-refractivity contribution in [2.45, 2.75) is 19.9 Å². The molecule has 1 aliphatic heterocycles. The molecule has 0 amide bonds. The van der Waals surface area contributed by atoms with Crippen LogP contribution < -0.4 is 5.32 Å². The number of carboxylic acid groups (broad SMARTS) is 1. The lowest BCUT2D eigenvalue weighted by Gasteiger charge is -2.21. The molecule has 1 unspecified atom stereocenters. The fraction of sp³-hybridized carbons (Fsp3) is 0.667. The van der Waals surface area contributed by atoms with Gasteiger partial charge < -0.3 is 10.4 Å². The number of nitrogens with one attached hydrogen (secondary N) is 1. The van der Waals surface area contributed by atoms with Crippen LogP contribution in [-0.2, 0) is 14.6 Å². The molecule has 0 saturated heterocycles. The molecule has 1 aliphatic rings. The van der Waals surface area contributed by atoms with Gasteiger partial charge in [-0.2, -0.15) is 0 Å². The molecule has 5 nitrogen and oxygen atoms in total. The highest BCUT2D eigenvalue weighted by atomic mass is 32.2. The molecule has 6 heteroatoms. The number of rotatable bonds is 4. The molecule has 0 saturated carbocycles. The molecule has 0 aromatic rings. The minimum Gasteiger partial charge on any atom is -0.481 e. The Bertz CT molecular complexity index is 383. The summed E-state index contributed by atoms with van der Waals surface area (Å²) in [6, 6.07) is -0.270. The Kier molecular flexibility index (Phi) is 3.20. The third-order valence-electron chi connectivity index (χ3n) is 2.32. The molecule has 0 bridgehead atoms. The van der Waals surface area contributed by atoms with Crippen LogP contribution >= 0.6 is 0 Å². The van der Waals surface area contributed by atoms with Crippen LogP contribution in [0.15, 0.2) is 11.5 Å². The van der Waals surface area contributed by atoms with Gasteiger partial charge in [-0.1, -0.05) is 6.08 Å². The molecule has 86 valence electrons. The summed E-state index contributed by atoms with van der Waals surface area (Å²) in [7, 11) is -3.07. The Morgan fingerprint density at radius 3 is 2.60 bits per heavy atom. The Hall–Kier alpha value is -0.880. The van der Waals surface area contributed by atoms with Crippen LogP contribution in [-0.4, -0.2) is 37.8 Å². The Morgan fingerprint density at radius 2 is 2.20 bits per heavy atom. The predicted molar refractivity (Wildman–Crippen MR) is 56.1 cm³/mol. The summed E-state index contributed by atoms with van der Waals surface area (Å²) in [5.74, 6) is -0.886. The molecule has 1 atom stereocenters. The highest BCUT2D eigenvalue weighted by Gasteiger charge is 2.29. The minimum absolute atomic E-state index is 0.0166. The Balaban J connectivity index is 2.47. The molecule has 2 N–H and O–H groups in total. The Labute approximate surface area is 89.1 Å². The smallest absolute Gasteiger partial charge is 0.310 e. The highest BCUT2D eigenvalue weighted by Crippen LogP contribution is 2.15. The molecule has 1 heterocycles. The van der Waals surface area contributed by atoms with Crippen molar-refractivity contribution in [1.29, 1.82) is 0 Å². The van der Waals surface area contributed by atoms with Gasteiger partial charge in [0.1, 0.15) is 0 Å². The van der Waals surface area contributed by atoms with E-state index in [0.29, 0.717) is 0 Å². The number of carbonyl (C=O) groups is 1. The number of hydrogen-bond donors (Lipinski definition) is 2. The van der Waals surface area contributed by atoms with Crippen LogP contribution in [0.1, 0.15) is 13.8 Å². The van der Waals surface area contributed by atoms with E-state index in [2.05, 4.69) is 5.32 Å². The maximum absolute atomic E-state index is 11.1. The van der Waals surface area contributed by atoms with E-state index in [-0.39, 0.29) is 18.3 Å². The molecule has 15 heavy (non-hydrogen) atoms. The quantitative estimate of drug-likeness (QED) is 0.714. The van der Waals surface area contributed by atoms with Gasteiger partial charge >= 0.3 is 5.97 Å². The van der Waals surface area contributed by atoms with Gasteiger partial charge in [0.15, 0.2) is 9.84 Å². The van der Waals surface area contributed by atoms with Gasteiger partial charge in [-0.05, 0) is 13.8 Å². The van der Waals surface area contributed by atoms with Gasteiger partial charge in [-0.15, -0.1) is 0 Å². The monoisotopic (exact) mass is 233 g/mol. The van der Waals surface area contributed by atoms with Crippen molar-refractivity contribution in [3.8, 4) is 0 Å². The molecular formula is C9H15NO4S. The standard InChI is InChI=1S/C9H15NO4S/c1-9(2,8(11)12)6-10-7-3-4-15(13,14)5-7/h3-4,7,10H,5-6H2,1-2H3,(H,11,12). The van der Waals surface area contributed by atoms with Crippen LogP contribution in [0.3, 0.4) is 0 Å². The van der Waals surface area contributed by atoms with Crippen molar-refractivity contribution >= 4 is 15.8 Å². The second kappa shape index (κ2) is 3.94. The third kappa shape index (κ3) is 3.32. The lowest BCUT2D eigenvalue weighted by Crippen LogP contribution is -2.41. The summed E-state index contributed by atoms with van der Waals surface area (Å²) < 4.78 is 22.1. The maximum Gasteiger partial charge on any atom is 0.310 e. The van der Waals surface area contributed by atoms with Crippen molar-refractivity contribution in [3.05, 3.63) is 11.5 Å². The molecule has 0 aromatic heterocycles. The van der Waals surface area contributed by atoms with E-state index in [1.807, 2.05) is 0 Å². The first-order valence-electron chi connectivity index (χ1n) is 4.61. The summed E-state index contributed by atoms with van der Waals surface area (Å²) in [5.41, 5.74) is -0.889. The van der Waals surface area contributed by atoms with Gasteiger partial charge in [-0.3, -0.25) is 4.79 Å². The number of carboxylic acids is 1. The zero-order valence-corrected chi connectivity index (χ0v) is 9.54. The minimum atomic E-state index is -3.07. The first kappa shape index (κ1) is 12.2. The molecule has 0 aromatic carbocycles. The summed E-state index contributed by atoms with van der Waals surface area (Å²) >= 11 is 0. The molecule has 1 rings (SSSR count). The van der Waals surface area contributed by atoms with E-state index >= 15 is 0 Å². The summed E-state index contributed by atoms with van der Waals surface area (Å²) in [5, 5.41) is 12.9. The van der Waals surface area contributed by atoms with E-state index in [1.165, 1.54) is 5.41 Å². The lowest BCUT2D eigenvalue weighted by atomic mass is 9.93. The van der Waals surface area contributed by atoms with Crippen LogP contribution in [0.4, 0.5) is 0 Å². The van der Waals surface area contributed by atoms with E-state index in [9.17, 15) is 13.2 Å². The lowest BCUT2D eigenvalue weighted by molar-refractivity contribution is -0.146. The molecule has 0 radical (unpaired) electrons. The largest absolute Gasteiger partial charge is 0.481 e. The number of hydrogen-bond acceptors (Lipinski definition) is 4. The zero-order valence-electron chi connectivity index (χ0n) is 8.73. The molecular weight excluding hydrogens is 218 g/mol. The SMILES string of the molecule is CC(C)(CNC1C=CS(=O)(=O)C1)C(=O)O. The van der Waals surface area contributed by atoms with Crippen LogP contribution in [0, 0.1) is 5.41 Å². The molecule has 0 fully saturated rings. The van der Waals surface area contributed by atoms with E-state index < -0.39 is 21.2 Å². The fourth-order valence-corrected chi connectivity index (χ4v) is 2.43. The second-order valence-corrected chi connectivity index (χ2v) is 6.27. The number of sulfone groups is 1. The zero-order chi connectivity index (χ0) is 11.7. The van der Waals surface area contributed by atoms with Gasteiger partial charge in [0.05, 0.1) is 11.2 Å². The summed E-state index contributed by atoms with van der Waals surface area (Å²) in [4.78, 5) is 10.8. The van der Waals surface area contributed by atoms with Crippen molar-refractivity contribution in [1.82, 2.24) is 5.32 Å². The van der Waals surface area contributed by atoms with E-state index in [4.69, 9.17) is 5.11 Å². The van der Waals surface area contributed by atoms with E-state index in [1.54, 1.807) is 19.9 Å². The first-order chi connectivity index (χ1) is 6.73. The van der Waals surface area contributed by atoms with Crippen LogP contribution in [0.25, 0.3) is 0 Å². The van der Waals surface area contributed by atoms with Gasteiger partial charge in [0.2, 0.25) is 0 Å². The second-order valence-electron chi connectivity index (χ2n) is 4.33. The average Bonchev–Trinajstić information content (AvgIpc) is 2.42. The highest BCUT2D eigenvalue weighted by molar-refractivity contribution is 7.94. The summed E-state index contributed by atoms with van der Waals surface area (Å²) in [6.07, 6.45) is 1.55.